The topological polar surface area (TPSA) is 30.7 Å². The minimum atomic E-state index is -3.05. The summed E-state index contributed by atoms with van der Waals surface area (Å²) in [6.07, 6.45) is 4.48. The van der Waals surface area contributed by atoms with Crippen molar-refractivity contribution in [1.29, 1.82) is 0 Å². The third kappa shape index (κ3) is 2.25. The lowest BCUT2D eigenvalue weighted by Crippen LogP contribution is -2.01. The van der Waals surface area contributed by atoms with E-state index in [4.69, 9.17) is 0 Å². The lowest BCUT2D eigenvalue weighted by molar-refractivity contribution is 0.0791. The van der Waals surface area contributed by atoms with Crippen molar-refractivity contribution in [2.75, 3.05) is 0 Å². The van der Waals surface area contributed by atoms with E-state index in [0.29, 0.717) is 4.57 Å². The van der Waals surface area contributed by atoms with Crippen LogP contribution in [0.1, 0.15) is 6.55 Å². The maximum absolute atomic E-state index is 15.0. The Hall–Kier alpha value is -3.03. The summed E-state index contributed by atoms with van der Waals surface area (Å²) in [4.78, 5) is 7.37. The molecule has 25 heavy (non-hydrogen) atoms. The Balaban J connectivity index is 2.18. The standard InChI is InChI=1S/C17H8F5N3/c18-9-3-8(5-24-6-9)14-12(19)4-10-11-7-23-2-1-13(11)25(17(21)22)16(10)15(14)20/h1-7,17H. The van der Waals surface area contributed by atoms with Gasteiger partial charge in [0.25, 0.3) is 0 Å². The van der Waals surface area contributed by atoms with Gasteiger partial charge in [-0.1, -0.05) is 0 Å². The van der Waals surface area contributed by atoms with E-state index < -0.39 is 35.1 Å². The Bertz CT molecular complexity index is 1120. The summed E-state index contributed by atoms with van der Waals surface area (Å²) in [6.45, 7) is -3.05. The van der Waals surface area contributed by atoms with Gasteiger partial charge in [0.1, 0.15) is 11.6 Å². The number of alkyl halides is 2. The first-order valence-corrected chi connectivity index (χ1v) is 7.13. The minimum Gasteiger partial charge on any atom is -0.281 e. The largest absolute Gasteiger partial charge is 0.319 e. The van der Waals surface area contributed by atoms with E-state index in [1.54, 1.807) is 0 Å². The average Bonchev–Trinajstić information content (AvgIpc) is 2.90. The molecule has 0 amide bonds. The van der Waals surface area contributed by atoms with Gasteiger partial charge in [-0.05, 0) is 18.2 Å². The molecule has 0 saturated carbocycles. The molecule has 3 aromatic heterocycles. The van der Waals surface area contributed by atoms with Crippen molar-refractivity contribution in [1.82, 2.24) is 14.5 Å². The van der Waals surface area contributed by atoms with Gasteiger partial charge in [0, 0.05) is 34.9 Å². The number of rotatable bonds is 2. The van der Waals surface area contributed by atoms with Crippen molar-refractivity contribution in [2.24, 2.45) is 0 Å². The van der Waals surface area contributed by atoms with Crippen molar-refractivity contribution >= 4 is 21.8 Å². The zero-order chi connectivity index (χ0) is 17.7. The van der Waals surface area contributed by atoms with Gasteiger partial charge >= 0.3 is 6.55 Å². The molecule has 126 valence electrons. The molecule has 0 N–H and O–H groups in total. The molecule has 0 aliphatic rings. The summed E-state index contributed by atoms with van der Waals surface area (Å²) < 4.78 is 70.5. The van der Waals surface area contributed by atoms with Crippen molar-refractivity contribution < 1.29 is 22.0 Å². The molecular formula is C17H8F5N3. The van der Waals surface area contributed by atoms with Crippen molar-refractivity contribution in [3.63, 3.8) is 0 Å². The molecule has 3 heterocycles. The molecule has 0 saturated heterocycles. The Morgan fingerprint density at radius 2 is 1.72 bits per heavy atom. The van der Waals surface area contributed by atoms with Gasteiger partial charge in [-0.2, -0.15) is 8.78 Å². The van der Waals surface area contributed by atoms with Crippen LogP contribution in [0, 0.1) is 17.5 Å². The van der Waals surface area contributed by atoms with E-state index in [0.717, 1.165) is 24.5 Å². The Labute approximate surface area is 137 Å². The Morgan fingerprint density at radius 1 is 0.920 bits per heavy atom. The quantitative estimate of drug-likeness (QED) is 0.474. The number of pyridine rings is 2. The number of fused-ring (bicyclic) bond motifs is 3. The first-order chi connectivity index (χ1) is 12.0. The summed E-state index contributed by atoms with van der Waals surface area (Å²) in [5.41, 5.74) is -1.25. The summed E-state index contributed by atoms with van der Waals surface area (Å²) >= 11 is 0. The second-order valence-electron chi connectivity index (χ2n) is 5.38. The molecule has 4 aromatic rings. The highest BCUT2D eigenvalue weighted by Gasteiger charge is 2.25. The first-order valence-electron chi connectivity index (χ1n) is 7.13. The molecular weight excluding hydrogens is 341 g/mol. The van der Waals surface area contributed by atoms with Crippen LogP contribution in [0.4, 0.5) is 22.0 Å². The number of nitrogens with zero attached hydrogens (tertiary/aromatic N) is 3. The highest BCUT2D eigenvalue weighted by Crippen LogP contribution is 2.39. The van der Waals surface area contributed by atoms with Crippen LogP contribution >= 0.6 is 0 Å². The smallest absolute Gasteiger partial charge is 0.281 e. The van der Waals surface area contributed by atoms with Crippen LogP contribution in [0.5, 0.6) is 0 Å². The molecule has 3 nitrogen and oxygen atoms in total. The van der Waals surface area contributed by atoms with E-state index in [1.807, 2.05) is 0 Å². The summed E-state index contributed by atoms with van der Waals surface area (Å²) in [6, 6.07) is 3.13. The van der Waals surface area contributed by atoms with Crippen LogP contribution in [0.15, 0.2) is 43.0 Å². The molecule has 0 aliphatic heterocycles. The van der Waals surface area contributed by atoms with Crippen LogP contribution in [-0.2, 0) is 0 Å². The predicted octanol–water partition coefficient (Wildman–Crippen LogP) is 5.06. The first kappa shape index (κ1) is 15.5. The fourth-order valence-electron chi connectivity index (χ4n) is 2.99. The zero-order valence-corrected chi connectivity index (χ0v) is 12.4. The maximum atomic E-state index is 15.0. The molecule has 0 spiro atoms. The fraction of sp³-hybridized carbons (Fsp3) is 0.0588. The van der Waals surface area contributed by atoms with Crippen molar-refractivity contribution in [3.8, 4) is 11.1 Å². The summed E-state index contributed by atoms with van der Waals surface area (Å²) in [5, 5.41) is 0.158. The molecule has 1 aromatic carbocycles. The van der Waals surface area contributed by atoms with E-state index in [-0.39, 0.29) is 21.9 Å². The maximum Gasteiger partial charge on any atom is 0.319 e. The van der Waals surface area contributed by atoms with Gasteiger partial charge in [0.05, 0.1) is 22.8 Å². The molecule has 0 bridgehead atoms. The average molecular weight is 349 g/mol. The molecule has 0 unspecified atom stereocenters. The summed E-state index contributed by atoms with van der Waals surface area (Å²) in [7, 11) is 0. The number of hydrogen-bond donors (Lipinski definition) is 0. The van der Waals surface area contributed by atoms with Gasteiger partial charge in [-0.3, -0.25) is 14.5 Å². The van der Waals surface area contributed by atoms with Crippen LogP contribution < -0.4 is 0 Å². The summed E-state index contributed by atoms with van der Waals surface area (Å²) in [5.74, 6) is -3.01. The van der Waals surface area contributed by atoms with E-state index in [1.165, 1.54) is 18.5 Å². The third-order valence-corrected chi connectivity index (χ3v) is 3.97. The highest BCUT2D eigenvalue weighted by molar-refractivity contribution is 6.09. The fourth-order valence-corrected chi connectivity index (χ4v) is 2.99. The third-order valence-electron chi connectivity index (χ3n) is 3.97. The van der Waals surface area contributed by atoms with Crippen LogP contribution in [-0.4, -0.2) is 14.5 Å². The lowest BCUT2D eigenvalue weighted by Gasteiger charge is -2.10. The number of hydrogen-bond acceptors (Lipinski definition) is 2. The van der Waals surface area contributed by atoms with Crippen molar-refractivity contribution in [3.05, 3.63) is 60.4 Å². The Kier molecular flexibility index (Phi) is 3.41. The predicted molar refractivity (Wildman–Crippen MR) is 81.6 cm³/mol. The van der Waals surface area contributed by atoms with Gasteiger partial charge < -0.3 is 0 Å². The van der Waals surface area contributed by atoms with Crippen LogP contribution in [0.3, 0.4) is 0 Å². The van der Waals surface area contributed by atoms with E-state index in [9.17, 15) is 17.6 Å². The molecule has 4 rings (SSSR count). The van der Waals surface area contributed by atoms with Crippen molar-refractivity contribution in [2.45, 2.75) is 6.55 Å². The molecule has 8 heteroatoms. The Morgan fingerprint density at radius 3 is 2.44 bits per heavy atom. The number of aromatic nitrogens is 3. The van der Waals surface area contributed by atoms with E-state index >= 15 is 4.39 Å². The lowest BCUT2D eigenvalue weighted by atomic mass is 10.0. The van der Waals surface area contributed by atoms with E-state index in [2.05, 4.69) is 9.97 Å². The van der Waals surface area contributed by atoms with Gasteiger partial charge in [0.15, 0.2) is 5.82 Å². The molecule has 0 radical (unpaired) electrons. The normalized spacial score (nSPS) is 11.8. The van der Waals surface area contributed by atoms with Crippen LogP contribution in [0.2, 0.25) is 0 Å². The minimum absolute atomic E-state index is 0.0211. The molecule has 0 fully saturated rings. The second-order valence-corrected chi connectivity index (χ2v) is 5.38. The van der Waals surface area contributed by atoms with Gasteiger partial charge in [-0.25, -0.2) is 13.2 Å². The van der Waals surface area contributed by atoms with Crippen LogP contribution in [0.25, 0.3) is 32.9 Å². The molecule has 0 atom stereocenters. The number of halogens is 5. The highest BCUT2D eigenvalue weighted by atomic mass is 19.3. The SMILES string of the molecule is Fc1cncc(-c2c(F)cc3c4cnccc4n(C(F)F)c3c2F)c1. The monoisotopic (exact) mass is 349 g/mol. The number of benzene rings is 1. The van der Waals surface area contributed by atoms with Gasteiger partial charge in [-0.15, -0.1) is 0 Å². The van der Waals surface area contributed by atoms with Gasteiger partial charge in [0.2, 0.25) is 0 Å². The molecule has 0 aliphatic carbocycles. The second kappa shape index (κ2) is 5.51. The zero-order valence-electron chi connectivity index (χ0n) is 12.4.